The van der Waals surface area contributed by atoms with Gasteiger partial charge in [-0.2, -0.15) is 0 Å². The van der Waals surface area contributed by atoms with Gasteiger partial charge in [-0.05, 0) is 25.8 Å². The van der Waals surface area contributed by atoms with Crippen molar-refractivity contribution in [2.24, 2.45) is 0 Å². The van der Waals surface area contributed by atoms with E-state index in [-0.39, 0.29) is 5.91 Å². The van der Waals surface area contributed by atoms with Gasteiger partial charge in [0.2, 0.25) is 0 Å². The number of hydrogen-bond acceptors (Lipinski definition) is 3. The minimum Gasteiger partial charge on any atom is -0.382 e. The van der Waals surface area contributed by atoms with E-state index in [1.54, 1.807) is 6.07 Å². The Morgan fingerprint density at radius 2 is 2.38 bits per heavy atom. The van der Waals surface area contributed by atoms with Gasteiger partial charge < -0.3 is 10.6 Å². The van der Waals surface area contributed by atoms with Crippen molar-refractivity contribution in [2.75, 3.05) is 11.9 Å². The number of amides is 1. The largest absolute Gasteiger partial charge is 0.382 e. The number of carbonyl (C=O) groups excluding carboxylic acids is 1. The maximum atomic E-state index is 11.7. The molecule has 0 aliphatic heterocycles. The van der Waals surface area contributed by atoms with Crippen molar-refractivity contribution < 1.29 is 4.79 Å². The lowest BCUT2D eigenvalue weighted by atomic mass is 10.2. The first-order valence-electron chi connectivity index (χ1n) is 5.41. The predicted molar refractivity (Wildman–Crippen MR) is 63.9 cm³/mol. The molecule has 0 aromatic carbocycles. The van der Waals surface area contributed by atoms with E-state index in [4.69, 9.17) is 11.6 Å². The zero-order valence-electron chi connectivity index (χ0n) is 9.09. The third-order valence-corrected chi connectivity index (χ3v) is 2.60. The number of halogens is 1. The fraction of sp³-hybridized carbons (Fsp3) is 0.455. The lowest BCUT2D eigenvalue weighted by Gasteiger charge is -2.10. The number of hydrogen-bond donors (Lipinski definition) is 2. The molecule has 1 aromatic heterocycles. The molecule has 1 aliphatic rings. The number of rotatable bonds is 4. The Bertz CT molecular complexity index is 404. The molecule has 0 saturated heterocycles. The smallest absolute Gasteiger partial charge is 0.254 e. The Morgan fingerprint density at radius 3 is 3.00 bits per heavy atom. The molecule has 0 atom stereocenters. The summed E-state index contributed by atoms with van der Waals surface area (Å²) in [5.74, 6) is -0.116. The van der Waals surface area contributed by atoms with Gasteiger partial charge >= 0.3 is 0 Å². The highest BCUT2D eigenvalue weighted by Gasteiger charge is 2.23. The topological polar surface area (TPSA) is 54.0 Å². The molecule has 0 radical (unpaired) electrons. The van der Waals surface area contributed by atoms with Crippen molar-refractivity contribution in [2.45, 2.75) is 25.8 Å². The van der Waals surface area contributed by atoms with Gasteiger partial charge in [0.15, 0.2) is 0 Å². The molecule has 2 rings (SSSR count). The average molecular weight is 240 g/mol. The van der Waals surface area contributed by atoms with E-state index in [1.165, 1.54) is 6.20 Å². The highest BCUT2D eigenvalue weighted by Crippen LogP contribution is 2.27. The molecule has 1 amide bonds. The molecule has 1 saturated carbocycles. The maximum Gasteiger partial charge on any atom is 0.254 e. The molecule has 1 fully saturated rings. The molecular weight excluding hydrogens is 226 g/mol. The minimum atomic E-state index is -0.116. The molecule has 5 heteroatoms. The standard InChI is InChI=1S/C11H14ClN3O/c1-2-13-11(16)8-6-14-10(12)5-9(8)15-7-3-4-7/h5-7H,2-4H2,1H3,(H,13,16)(H,14,15). The SMILES string of the molecule is CCNC(=O)c1cnc(Cl)cc1NC1CC1. The summed E-state index contributed by atoms with van der Waals surface area (Å²) in [6.07, 6.45) is 3.81. The third kappa shape index (κ3) is 2.64. The molecule has 1 heterocycles. The highest BCUT2D eigenvalue weighted by molar-refractivity contribution is 6.29. The third-order valence-electron chi connectivity index (χ3n) is 2.39. The summed E-state index contributed by atoms with van der Waals surface area (Å²) >= 11 is 5.82. The Morgan fingerprint density at radius 1 is 1.62 bits per heavy atom. The molecule has 1 aliphatic carbocycles. The van der Waals surface area contributed by atoms with Crippen molar-refractivity contribution in [1.29, 1.82) is 0 Å². The first-order chi connectivity index (χ1) is 7.70. The number of aromatic nitrogens is 1. The fourth-order valence-corrected chi connectivity index (χ4v) is 1.59. The van der Waals surface area contributed by atoms with Crippen LogP contribution >= 0.6 is 11.6 Å². The first kappa shape index (κ1) is 11.2. The normalized spacial score (nSPS) is 14.6. The Hall–Kier alpha value is -1.29. The zero-order valence-corrected chi connectivity index (χ0v) is 9.84. The van der Waals surface area contributed by atoms with Gasteiger partial charge in [-0.25, -0.2) is 4.98 Å². The van der Waals surface area contributed by atoms with Crippen molar-refractivity contribution in [3.8, 4) is 0 Å². The molecule has 0 spiro atoms. The maximum absolute atomic E-state index is 11.7. The molecule has 0 unspecified atom stereocenters. The van der Waals surface area contributed by atoms with Crippen LogP contribution in [0.1, 0.15) is 30.1 Å². The number of carbonyl (C=O) groups is 1. The molecule has 4 nitrogen and oxygen atoms in total. The second-order valence-electron chi connectivity index (χ2n) is 3.83. The van der Waals surface area contributed by atoms with Gasteiger partial charge in [0.05, 0.1) is 11.3 Å². The number of nitrogens with zero attached hydrogens (tertiary/aromatic N) is 1. The van der Waals surface area contributed by atoms with Crippen LogP contribution in [0.5, 0.6) is 0 Å². The van der Waals surface area contributed by atoms with Crippen LogP contribution in [0, 0.1) is 0 Å². The summed E-state index contributed by atoms with van der Waals surface area (Å²) in [6.45, 7) is 2.49. The Kier molecular flexibility index (Phi) is 3.29. The van der Waals surface area contributed by atoms with E-state index >= 15 is 0 Å². The second kappa shape index (κ2) is 4.70. The van der Waals surface area contributed by atoms with Crippen LogP contribution in [0.25, 0.3) is 0 Å². The summed E-state index contributed by atoms with van der Waals surface area (Å²) < 4.78 is 0. The van der Waals surface area contributed by atoms with Crippen molar-refractivity contribution >= 4 is 23.2 Å². The monoisotopic (exact) mass is 239 g/mol. The predicted octanol–water partition coefficient (Wildman–Crippen LogP) is 2.06. The first-order valence-corrected chi connectivity index (χ1v) is 5.78. The zero-order chi connectivity index (χ0) is 11.5. The molecule has 2 N–H and O–H groups in total. The van der Waals surface area contributed by atoms with E-state index in [0.717, 1.165) is 18.5 Å². The molecule has 1 aromatic rings. The number of pyridine rings is 1. The van der Waals surface area contributed by atoms with E-state index in [1.807, 2.05) is 6.92 Å². The summed E-state index contributed by atoms with van der Waals surface area (Å²) in [7, 11) is 0. The summed E-state index contributed by atoms with van der Waals surface area (Å²) in [4.78, 5) is 15.7. The molecular formula is C11H14ClN3O. The Labute approximate surface area is 99.4 Å². The van der Waals surface area contributed by atoms with Gasteiger partial charge in [0.1, 0.15) is 5.15 Å². The lowest BCUT2D eigenvalue weighted by molar-refractivity contribution is 0.0956. The summed E-state index contributed by atoms with van der Waals surface area (Å²) in [6, 6.07) is 2.18. The fourth-order valence-electron chi connectivity index (χ4n) is 1.43. The quantitative estimate of drug-likeness (QED) is 0.791. The van der Waals surface area contributed by atoms with E-state index in [2.05, 4.69) is 15.6 Å². The van der Waals surface area contributed by atoms with E-state index < -0.39 is 0 Å². The van der Waals surface area contributed by atoms with Crippen LogP contribution in [0.4, 0.5) is 5.69 Å². The van der Waals surface area contributed by atoms with Crippen LogP contribution in [0.3, 0.4) is 0 Å². The van der Waals surface area contributed by atoms with Gasteiger partial charge in [0, 0.05) is 18.8 Å². The van der Waals surface area contributed by atoms with Crippen molar-refractivity contribution in [3.63, 3.8) is 0 Å². The second-order valence-corrected chi connectivity index (χ2v) is 4.22. The van der Waals surface area contributed by atoms with Crippen LogP contribution in [-0.2, 0) is 0 Å². The van der Waals surface area contributed by atoms with E-state index in [0.29, 0.717) is 23.3 Å². The molecule has 16 heavy (non-hydrogen) atoms. The van der Waals surface area contributed by atoms with Gasteiger partial charge in [-0.15, -0.1) is 0 Å². The summed E-state index contributed by atoms with van der Waals surface area (Å²) in [5, 5.41) is 6.43. The average Bonchev–Trinajstić information content (AvgIpc) is 3.02. The lowest BCUT2D eigenvalue weighted by Crippen LogP contribution is -2.24. The minimum absolute atomic E-state index is 0.116. The summed E-state index contributed by atoms with van der Waals surface area (Å²) in [5.41, 5.74) is 1.33. The van der Waals surface area contributed by atoms with Crippen molar-refractivity contribution in [1.82, 2.24) is 10.3 Å². The number of anilines is 1. The van der Waals surface area contributed by atoms with Crippen molar-refractivity contribution in [3.05, 3.63) is 23.0 Å². The van der Waals surface area contributed by atoms with Crippen LogP contribution in [0.2, 0.25) is 5.15 Å². The highest BCUT2D eigenvalue weighted by atomic mass is 35.5. The van der Waals surface area contributed by atoms with Crippen LogP contribution in [-0.4, -0.2) is 23.5 Å². The van der Waals surface area contributed by atoms with Gasteiger partial charge in [0.25, 0.3) is 5.91 Å². The van der Waals surface area contributed by atoms with Gasteiger partial charge in [-0.3, -0.25) is 4.79 Å². The molecule has 0 bridgehead atoms. The Balaban J connectivity index is 2.23. The van der Waals surface area contributed by atoms with Gasteiger partial charge in [-0.1, -0.05) is 11.6 Å². The van der Waals surface area contributed by atoms with Crippen LogP contribution in [0.15, 0.2) is 12.3 Å². The number of nitrogens with one attached hydrogen (secondary N) is 2. The van der Waals surface area contributed by atoms with Crippen LogP contribution < -0.4 is 10.6 Å². The van der Waals surface area contributed by atoms with E-state index in [9.17, 15) is 4.79 Å². The molecule has 86 valence electrons.